The Morgan fingerprint density at radius 2 is 1.78 bits per heavy atom. The number of unbranched alkanes of at least 4 members (excludes halogenated alkanes) is 6. The Morgan fingerprint density at radius 1 is 1.17 bits per heavy atom. The molecule has 0 aliphatic carbocycles. The van der Waals surface area contributed by atoms with E-state index in [1.165, 1.54) is 38.5 Å². The SMILES string of the molecule is CCCCCCCCC=CCOC(=O)C(C)N.[Na]. The molecule has 0 saturated carbocycles. The first-order chi connectivity index (χ1) is 8.18. The van der Waals surface area contributed by atoms with Gasteiger partial charge in [-0.3, -0.25) is 4.79 Å². The first-order valence-corrected chi connectivity index (χ1v) is 6.75. The van der Waals surface area contributed by atoms with Crippen molar-refractivity contribution in [1.82, 2.24) is 0 Å². The molecule has 0 heterocycles. The van der Waals surface area contributed by atoms with Gasteiger partial charge in [-0.1, -0.05) is 51.2 Å². The molecule has 0 aromatic rings. The van der Waals surface area contributed by atoms with Gasteiger partial charge < -0.3 is 10.5 Å². The van der Waals surface area contributed by atoms with Crippen molar-refractivity contribution >= 4 is 35.5 Å². The van der Waals surface area contributed by atoms with Crippen LogP contribution in [0.1, 0.15) is 58.8 Å². The molecular formula is C14H27NNaO2. The number of carbonyl (C=O) groups excluding carboxylic acids is 1. The Bertz CT molecular complexity index is 218. The molecule has 1 unspecified atom stereocenters. The second kappa shape index (κ2) is 15.2. The van der Waals surface area contributed by atoms with Gasteiger partial charge in [0, 0.05) is 29.6 Å². The summed E-state index contributed by atoms with van der Waals surface area (Å²) in [7, 11) is 0. The maximum Gasteiger partial charge on any atom is 0.322 e. The summed E-state index contributed by atoms with van der Waals surface area (Å²) >= 11 is 0. The van der Waals surface area contributed by atoms with Crippen LogP contribution in [0.15, 0.2) is 12.2 Å². The smallest absolute Gasteiger partial charge is 0.322 e. The average molecular weight is 264 g/mol. The summed E-state index contributed by atoms with van der Waals surface area (Å²) in [6, 6.07) is -0.526. The maximum absolute atomic E-state index is 11.0. The summed E-state index contributed by atoms with van der Waals surface area (Å²) in [6.07, 6.45) is 12.9. The molecule has 2 N–H and O–H groups in total. The molecular weight excluding hydrogens is 237 g/mol. The molecule has 1 atom stereocenters. The second-order valence-electron chi connectivity index (χ2n) is 4.45. The molecule has 0 rings (SSSR count). The number of hydrogen-bond acceptors (Lipinski definition) is 3. The molecule has 0 bridgehead atoms. The van der Waals surface area contributed by atoms with Gasteiger partial charge in [0.15, 0.2) is 0 Å². The Hall–Kier alpha value is 0.170. The number of nitrogens with two attached hydrogens (primary N) is 1. The van der Waals surface area contributed by atoms with Crippen LogP contribution in [-0.4, -0.2) is 48.2 Å². The molecule has 18 heavy (non-hydrogen) atoms. The van der Waals surface area contributed by atoms with E-state index in [4.69, 9.17) is 10.5 Å². The van der Waals surface area contributed by atoms with E-state index in [2.05, 4.69) is 13.0 Å². The van der Waals surface area contributed by atoms with E-state index in [9.17, 15) is 4.79 Å². The fourth-order valence-electron chi connectivity index (χ4n) is 1.49. The van der Waals surface area contributed by atoms with Crippen LogP contribution in [-0.2, 0) is 9.53 Å². The van der Waals surface area contributed by atoms with Crippen molar-refractivity contribution in [3.63, 3.8) is 0 Å². The van der Waals surface area contributed by atoms with Crippen molar-refractivity contribution in [3.8, 4) is 0 Å². The minimum atomic E-state index is -0.526. The van der Waals surface area contributed by atoms with E-state index >= 15 is 0 Å². The Morgan fingerprint density at radius 3 is 2.39 bits per heavy atom. The molecule has 0 aliphatic rings. The van der Waals surface area contributed by atoms with Crippen LogP contribution in [0.5, 0.6) is 0 Å². The third-order valence-electron chi connectivity index (χ3n) is 2.58. The van der Waals surface area contributed by atoms with Crippen molar-refractivity contribution in [1.29, 1.82) is 0 Å². The molecule has 0 aliphatic heterocycles. The van der Waals surface area contributed by atoms with Gasteiger partial charge in [0.1, 0.15) is 12.6 Å². The number of hydrogen-bond donors (Lipinski definition) is 1. The minimum Gasteiger partial charge on any atom is -0.460 e. The normalized spacial score (nSPS) is 12.2. The van der Waals surface area contributed by atoms with Gasteiger partial charge in [0.2, 0.25) is 0 Å². The van der Waals surface area contributed by atoms with E-state index in [0.717, 1.165) is 6.42 Å². The first kappa shape index (κ1) is 20.5. The Kier molecular flexibility index (Phi) is 17.3. The molecule has 101 valence electrons. The number of rotatable bonds is 10. The molecule has 0 aromatic heterocycles. The molecule has 0 saturated heterocycles. The fourth-order valence-corrected chi connectivity index (χ4v) is 1.49. The molecule has 3 nitrogen and oxygen atoms in total. The summed E-state index contributed by atoms with van der Waals surface area (Å²) in [5.74, 6) is -0.339. The van der Waals surface area contributed by atoms with Gasteiger partial charge in [-0.25, -0.2) is 0 Å². The van der Waals surface area contributed by atoms with Crippen molar-refractivity contribution in [2.45, 2.75) is 64.8 Å². The van der Waals surface area contributed by atoms with Crippen LogP contribution < -0.4 is 5.73 Å². The second-order valence-corrected chi connectivity index (χ2v) is 4.45. The first-order valence-electron chi connectivity index (χ1n) is 6.75. The van der Waals surface area contributed by atoms with Crippen LogP contribution in [0.3, 0.4) is 0 Å². The van der Waals surface area contributed by atoms with Gasteiger partial charge in [-0.05, 0) is 19.8 Å². The summed E-state index contributed by atoms with van der Waals surface area (Å²) < 4.78 is 4.91. The average Bonchev–Trinajstić information content (AvgIpc) is 2.31. The topological polar surface area (TPSA) is 52.3 Å². The molecule has 0 aromatic carbocycles. The van der Waals surface area contributed by atoms with Crippen LogP contribution >= 0.6 is 0 Å². The monoisotopic (exact) mass is 264 g/mol. The van der Waals surface area contributed by atoms with Crippen molar-refractivity contribution in [3.05, 3.63) is 12.2 Å². The number of allylic oxidation sites excluding steroid dienone is 1. The predicted molar refractivity (Wildman–Crippen MR) is 77.5 cm³/mol. The van der Waals surface area contributed by atoms with E-state index in [-0.39, 0.29) is 35.5 Å². The van der Waals surface area contributed by atoms with E-state index in [1.54, 1.807) is 6.92 Å². The van der Waals surface area contributed by atoms with E-state index in [0.29, 0.717) is 6.61 Å². The minimum absolute atomic E-state index is 0. The van der Waals surface area contributed by atoms with Gasteiger partial charge in [-0.15, -0.1) is 0 Å². The van der Waals surface area contributed by atoms with Crippen LogP contribution in [0, 0.1) is 0 Å². The van der Waals surface area contributed by atoms with Gasteiger partial charge in [0.25, 0.3) is 0 Å². The van der Waals surface area contributed by atoms with Gasteiger partial charge >= 0.3 is 5.97 Å². The van der Waals surface area contributed by atoms with Crippen molar-refractivity contribution < 1.29 is 9.53 Å². The fraction of sp³-hybridized carbons (Fsp3) is 0.786. The Balaban J connectivity index is 0. The quantitative estimate of drug-likeness (QED) is 0.286. The number of carbonyl (C=O) groups is 1. The molecule has 1 radical (unpaired) electrons. The standard InChI is InChI=1S/C14H27NO2.Na/c1-3-4-5-6-7-8-9-10-11-12-17-14(16)13(2)15;/h10-11,13H,3-9,12,15H2,1-2H3;. The summed E-state index contributed by atoms with van der Waals surface area (Å²) in [6.45, 7) is 4.20. The van der Waals surface area contributed by atoms with Crippen molar-refractivity contribution in [2.75, 3.05) is 6.61 Å². The van der Waals surface area contributed by atoms with Crippen LogP contribution in [0.25, 0.3) is 0 Å². The molecule has 0 spiro atoms. The Labute approximate surface area is 134 Å². The maximum atomic E-state index is 11.0. The largest absolute Gasteiger partial charge is 0.460 e. The molecule has 4 heteroatoms. The summed E-state index contributed by atoms with van der Waals surface area (Å²) in [4.78, 5) is 11.0. The predicted octanol–water partition coefficient (Wildman–Crippen LogP) is 2.80. The van der Waals surface area contributed by atoms with Crippen LogP contribution in [0.2, 0.25) is 0 Å². The summed E-state index contributed by atoms with van der Waals surface area (Å²) in [5.41, 5.74) is 5.36. The molecule has 0 amide bonds. The number of ether oxygens (including phenoxy) is 1. The van der Waals surface area contributed by atoms with Crippen LogP contribution in [0.4, 0.5) is 0 Å². The summed E-state index contributed by atoms with van der Waals surface area (Å²) in [5, 5.41) is 0. The zero-order valence-corrected chi connectivity index (χ0v) is 14.3. The van der Waals surface area contributed by atoms with Gasteiger partial charge in [0.05, 0.1) is 0 Å². The number of esters is 1. The third-order valence-corrected chi connectivity index (χ3v) is 2.58. The zero-order valence-electron chi connectivity index (χ0n) is 12.3. The zero-order chi connectivity index (χ0) is 12.9. The van der Waals surface area contributed by atoms with E-state index in [1.807, 2.05) is 6.08 Å². The van der Waals surface area contributed by atoms with Crippen molar-refractivity contribution in [2.24, 2.45) is 5.73 Å². The third kappa shape index (κ3) is 14.2. The molecule has 0 fully saturated rings. The van der Waals surface area contributed by atoms with E-state index < -0.39 is 6.04 Å². The van der Waals surface area contributed by atoms with Gasteiger partial charge in [-0.2, -0.15) is 0 Å².